The quantitative estimate of drug-likeness (QED) is 0.735. The molecule has 0 spiro atoms. The molecule has 0 saturated carbocycles. The van der Waals surface area contributed by atoms with Crippen molar-refractivity contribution in [1.82, 2.24) is 0 Å². The van der Waals surface area contributed by atoms with Gasteiger partial charge in [-0.3, -0.25) is 0 Å². The van der Waals surface area contributed by atoms with Gasteiger partial charge in [-0.2, -0.15) is 0 Å². The van der Waals surface area contributed by atoms with Crippen LogP contribution in [0.5, 0.6) is 0 Å². The molecule has 84 valence electrons. The first kappa shape index (κ1) is 10.9. The van der Waals surface area contributed by atoms with E-state index in [2.05, 4.69) is 46.7 Å². The maximum atomic E-state index is 4.19. The van der Waals surface area contributed by atoms with Crippen molar-refractivity contribution in [3.63, 3.8) is 0 Å². The Balaban J connectivity index is 2.16. The van der Waals surface area contributed by atoms with Gasteiger partial charge in [-0.1, -0.05) is 44.2 Å². The number of nitrogens with zero attached hydrogens (tertiary/aromatic N) is 4. The summed E-state index contributed by atoms with van der Waals surface area (Å²) in [4.78, 5) is 0. The summed E-state index contributed by atoms with van der Waals surface area (Å²) >= 11 is 0. The Morgan fingerprint density at radius 1 is 1.06 bits per heavy atom. The van der Waals surface area contributed by atoms with Crippen LogP contribution in [0.2, 0.25) is 0 Å². The minimum atomic E-state index is -0.463. The number of hydrogen-bond acceptors (Lipinski definition) is 4. The summed E-state index contributed by atoms with van der Waals surface area (Å²) in [5.41, 5.74) is 0.762. The van der Waals surface area contributed by atoms with Gasteiger partial charge in [-0.05, 0) is 28.3 Å². The highest BCUT2D eigenvalue weighted by Gasteiger charge is 2.34. The molecular weight excluding hydrogens is 200 g/mol. The lowest BCUT2D eigenvalue weighted by Crippen LogP contribution is -2.26. The zero-order valence-corrected chi connectivity index (χ0v) is 9.67. The van der Waals surface area contributed by atoms with Crippen LogP contribution in [0.3, 0.4) is 0 Å². The molecule has 4 nitrogen and oxygen atoms in total. The summed E-state index contributed by atoms with van der Waals surface area (Å²) in [7, 11) is 0. The molecule has 0 aliphatic carbocycles. The Kier molecular flexibility index (Phi) is 3.08. The fourth-order valence-electron chi connectivity index (χ4n) is 2.03. The van der Waals surface area contributed by atoms with E-state index < -0.39 is 5.66 Å². The standard InChI is InChI=1S/C12H16N4/c1-10(2)8-12(13-15-16-14-12)9-11-6-4-3-5-7-11/h3-7,10H,8-9H2,1-2H3. The molecule has 16 heavy (non-hydrogen) atoms. The van der Waals surface area contributed by atoms with Crippen LogP contribution in [-0.2, 0) is 6.42 Å². The molecule has 1 aromatic carbocycles. The lowest BCUT2D eigenvalue weighted by molar-refractivity contribution is 0.349. The summed E-state index contributed by atoms with van der Waals surface area (Å²) in [6.07, 6.45) is 1.66. The van der Waals surface area contributed by atoms with Crippen LogP contribution in [0, 0.1) is 5.92 Å². The summed E-state index contributed by atoms with van der Waals surface area (Å²) in [5.74, 6) is 0.528. The van der Waals surface area contributed by atoms with E-state index in [1.54, 1.807) is 0 Å². The first-order valence-corrected chi connectivity index (χ1v) is 5.58. The van der Waals surface area contributed by atoms with E-state index in [1.165, 1.54) is 5.56 Å². The summed E-state index contributed by atoms with van der Waals surface area (Å²) in [6, 6.07) is 10.2. The van der Waals surface area contributed by atoms with Crippen molar-refractivity contribution in [2.75, 3.05) is 0 Å². The fraction of sp³-hybridized carbons (Fsp3) is 0.500. The van der Waals surface area contributed by atoms with Crippen molar-refractivity contribution < 1.29 is 0 Å². The zero-order valence-electron chi connectivity index (χ0n) is 9.67. The molecule has 0 saturated heterocycles. The predicted molar refractivity (Wildman–Crippen MR) is 62.0 cm³/mol. The van der Waals surface area contributed by atoms with Gasteiger partial charge in [0.1, 0.15) is 0 Å². The van der Waals surface area contributed by atoms with Crippen LogP contribution >= 0.6 is 0 Å². The molecule has 1 aromatic rings. The van der Waals surface area contributed by atoms with Gasteiger partial charge >= 0.3 is 0 Å². The molecule has 1 aliphatic heterocycles. The van der Waals surface area contributed by atoms with Crippen molar-refractivity contribution in [3.8, 4) is 0 Å². The average molecular weight is 216 g/mol. The Bertz CT molecular complexity index is 383. The zero-order chi connectivity index (χ0) is 11.4. The molecule has 1 aliphatic rings. The normalized spacial score (nSPS) is 17.2. The highest BCUT2D eigenvalue weighted by atomic mass is 15.6. The molecule has 4 heteroatoms. The molecular formula is C12H16N4. The predicted octanol–water partition coefficient (Wildman–Crippen LogP) is 3.80. The van der Waals surface area contributed by atoms with Gasteiger partial charge in [0.2, 0.25) is 0 Å². The molecule has 0 unspecified atom stereocenters. The van der Waals surface area contributed by atoms with Gasteiger partial charge in [-0.25, -0.2) is 0 Å². The molecule has 0 radical (unpaired) electrons. The molecule has 0 atom stereocenters. The third kappa shape index (κ3) is 2.51. The van der Waals surface area contributed by atoms with Gasteiger partial charge in [0, 0.05) is 6.42 Å². The highest BCUT2D eigenvalue weighted by molar-refractivity contribution is 5.17. The third-order valence-corrected chi connectivity index (χ3v) is 2.57. The van der Waals surface area contributed by atoms with E-state index >= 15 is 0 Å². The number of hydrogen-bond donors (Lipinski definition) is 0. The number of benzene rings is 1. The molecule has 0 amide bonds. The van der Waals surface area contributed by atoms with Crippen molar-refractivity contribution in [2.45, 2.75) is 32.4 Å². The SMILES string of the molecule is CC(C)CC1(Cc2ccccc2)N=NN=N1. The second-order valence-electron chi connectivity index (χ2n) is 4.62. The topological polar surface area (TPSA) is 49.4 Å². The van der Waals surface area contributed by atoms with Crippen LogP contribution in [0.1, 0.15) is 25.8 Å². The molecule has 0 bridgehead atoms. The van der Waals surface area contributed by atoms with E-state index in [4.69, 9.17) is 0 Å². The van der Waals surface area contributed by atoms with Crippen molar-refractivity contribution in [1.29, 1.82) is 0 Å². The van der Waals surface area contributed by atoms with Gasteiger partial charge in [0.05, 0.1) is 0 Å². The summed E-state index contributed by atoms with van der Waals surface area (Å²) < 4.78 is 0. The Morgan fingerprint density at radius 3 is 2.25 bits per heavy atom. The summed E-state index contributed by atoms with van der Waals surface area (Å²) in [5, 5.41) is 15.7. The van der Waals surface area contributed by atoms with Gasteiger partial charge < -0.3 is 0 Å². The Labute approximate surface area is 95.5 Å². The van der Waals surface area contributed by atoms with Crippen molar-refractivity contribution >= 4 is 0 Å². The lowest BCUT2D eigenvalue weighted by Gasteiger charge is -2.21. The van der Waals surface area contributed by atoms with Crippen LogP contribution in [0.4, 0.5) is 0 Å². The van der Waals surface area contributed by atoms with E-state index in [1.807, 2.05) is 18.2 Å². The maximum absolute atomic E-state index is 4.19. The highest BCUT2D eigenvalue weighted by Crippen LogP contribution is 2.31. The Hall–Kier alpha value is -1.58. The second-order valence-corrected chi connectivity index (χ2v) is 4.62. The van der Waals surface area contributed by atoms with E-state index in [0.29, 0.717) is 5.92 Å². The third-order valence-electron chi connectivity index (χ3n) is 2.57. The Morgan fingerprint density at radius 2 is 1.69 bits per heavy atom. The van der Waals surface area contributed by atoms with Crippen LogP contribution in [-0.4, -0.2) is 5.66 Å². The van der Waals surface area contributed by atoms with Crippen LogP contribution < -0.4 is 0 Å². The maximum Gasteiger partial charge on any atom is 0.199 e. The molecule has 2 rings (SSSR count). The lowest BCUT2D eigenvalue weighted by atomic mass is 9.92. The van der Waals surface area contributed by atoms with Crippen molar-refractivity contribution in [3.05, 3.63) is 35.9 Å². The molecule has 1 heterocycles. The van der Waals surface area contributed by atoms with E-state index in [9.17, 15) is 0 Å². The smallest absolute Gasteiger partial charge is 0.134 e. The molecule has 0 fully saturated rings. The first-order valence-electron chi connectivity index (χ1n) is 5.58. The van der Waals surface area contributed by atoms with Gasteiger partial charge in [0.25, 0.3) is 0 Å². The fourth-order valence-corrected chi connectivity index (χ4v) is 2.03. The van der Waals surface area contributed by atoms with Gasteiger partial charge in [-0.15, -0.1) is 10.2 Å². The molecule has 0 N–H and O–H groups in total. The van der Waals surface area contributed by atoms with E-state index in [0.717, 1.165) is 12.8 Å². The van der Waals surface area contributed by atoms with Gasteiger partial charge in [0.15, 0.2) is 5.66 Å². The monoisotopic (exact) mass is 216 g/mol. The van der Waals surface area contributed by atoms with Crippen molar-refractivity contribution in [2.24, 2.45) is 26.6 Å². The average Bonchev–Trinajstić information content (AvgIpc) is 2.66. The minimum Gasteiger partial charge on any atom is -0.134 e. The minimum absolute atomic E-state index is 0.463. The largest absolute Gasteiger partial charge is 0.199 e. The van der Waals surface area contributed by atoms with Crippen LogP contribution in [0.25, 0.3) is 0 Å². The molecule has 0 aromatic heterocycles. The van der Waals surface area contributed by atoms with E-state index in [-0.39, 0.29) is 0 Å². The van der Waals surface area contributed by atoms with Crippen LogP contribution in [0.15, 0.2) is 51.0 Å². The number of rotatable bonds is 4. The summed E-state index contributed by atoms with van der Waals surface area (Å²) in [6.45, 7) is 4.33. The first-order chi connectivity index (χ1) is 7.70. The second kappa shape index (κ2) is 4.51.